The van der Waals surface area contributed by atoms with Crippen LogP contribution in [-0.2, 0) is 17.8 Å². The van der Waals surface area contributed by atoms with E-state index in [2.05, 4.69) is 33.3 Å². The molecule has 1 saturated heterocycles. The second kappa shape index (κ2) is 6.11. The Morgan fingerprint density at radius 3 is 2.20 bits per heavy atom. The van der Waals surface area contributed by atoms with Crippen molar-refractivity contribution in [2.45, 2.75) is 19.0 Å². The summed E-state index contributed by atoms with van der Waals surface area (Å²) < 4.78 is 4.98. The molecule has 2 aromatic rings. The summed E-state index contributed by atoms with van der Waals surface area (Å²) in [6.45, 7) is 0.766. The predicted octanol–water partition coefficient (Wildman–Crippen LogP) is 2.79. The smallest absolute Gasteiger partial charge is 0.249 e. The Morgan fingerprint density at radius 2 is 1.55 bits per heavy atom. The number of nitrogens with zero attached hydrogens (tertiary/aromatic N) is 1. The lowest BCUT2D eigenvalue weighted by atomic mass is 10.1. The molecule has 3 rings (SSSR count). The maximum atomic E-state index is 12.0. The molecule has 1 unspecified atom stereocenters. The van der Waals surface area contributed by atoms with Crippen molar-refractivity contribution in [1.29, 1.82) is 0 Å². The number of benzene rings is 2. The molecule has 1 heterocycles. The van der Waals surface area contributed by atoms with Crippen molar-refractivity contribution >= 4 is 18.0 Å². The maximum Gasteiger partial charge on any atom is 0.249 e. The fourth-order valence-electron chi connectivity index (χ4n) is 2.30. The highest BCUT2D eigenvalue weighted by atomic mass is 32.2. The first-order valence-corrected chi connectivity index (χ1v) is 7.41. The van der Waals surface area contributed by atoms with Gasteiger partial charge in [0.2, 0.25) is 5.91 Å². The fourth-order valence-corrected chi connectivity index (χ4v) is 3.16. The van der Waals surface area contributed by atoms with E-state index < -0.39 is 0 Å². The first-order valence-electron chi connectivity index (χ1n) is 6.64. The van der Waals surface area contributed by atoms with Gasteiger partial charge in [0, 0.05) is 18.7 Å². The summed E-state index contributed by atoms with van der Waals surface area (Å²) in [6, 6.07) is 20.3. The maximum absolute atomic E-state index is 12.0. The van der Waals surface area contributed by atoms with Crippen LogP contribution in [0.25, 0.3) is 0 Å². The van der Waals surface area contributed by atoms with E-state index >= 15 is 0 Å². The molecule has 1 fully saturated rings. The predicted molar refractivity (Wildman–Crippen MR) is 81.7 cm³/mol. The molecule has 2 aromatic carbocycles. The highest BCUT2D eigenvalue weighted by Gasteiger charge is 2.33. The molecule has 0 aromatic heterocycles. The number of rotatable bonds is 4. The Kier molecular flexibility index (Phi) is 4.04. The molecule has 0 radical (unpaired) electrons. The van der Waals surface area contributed by atoms with Crippen molar-refractivity contribution in [2.24, 2.45) is 0 Å². The normalized spacial score (nSPS) is 19.0. The minimum Gasteiger partial charge on any atom is -0.285 e. The van der Waals surface area contributed by atoms with Crippen LogP contribution in [0.4, 0.5) is 0 Å². The number of hydrogen-bond acceptors (Lipinski definition) is 3. The highest BCUT2D eigenvalue weighted by molar-refractivity contribution is 7.96. The average molecular weight is 284 g/mol. The molecular weight excluding hydrogens is 268 g/mol. The van der Waals surface area contributed by atoms with Crippen LogP contribution in [0.5, 0.6) is 0 Å². The van der Waals surface area contributed by atoms with Gasteiger partial charge in [-0.2, -0.15) is 0 Å². The molecule has 0 saturated carbocycles. The molecule has 1 N–H and O–H groups in total. The van der Waals surface area contributed by atoms with Gasteiger partial charge in [-0.3, -0.25) is 9.52 Å². The minimum absolute atomic E-state index is 0.0924. The number of carbonyl (C=O) groups excluding carboxylic acids is 1. The summed E-state index contributed by atoms with van der Waals surface area (Å²) >= 11 is 1.41. The van der Waals surface area contributed by atoms with E-state index in [9.17, 15) is 4.79 Å². The lowest BCUT2D eigenvalue weighted by Crippen LogP contribution is -2.33. The van der Waals surface area contributed by atoms with Crippen molar-refractivity contribution in [1.82, 2.24) is 9.03 Å². The third-order valence-corrected chi connectivity index (χ3v) is 4.28. The molecule has 1 aliphatic rings. The van der Waals surface area contributed by atoms with Gasteiger partial charge in [-0.1, -0.05) is 60.7 Å². The third-order valence-electron chi connectivity index (χ3n) is 3.37. The first-order chi connectivity index (χ1) is 9.83. The molecule has 1 amide bonds. The number of nitrogens with one attached hydrogen (secondary N) is 1. The van der Waals surface area contributed by atoms with E-state index in [0.29, 0.717) is 0 Å². The average Bonchev–Trinajstić information content (AvgIpc) is 2.83. The van der Waals surface area contributed by atoms with Crippen molar-refractivity contribution in [3.05, 3.63) is 71.8 Å². The standard InChI is InChI=1S/C16H16N2OS/c19-16-15(11-13-7-3-1-4-8-13)18(20-17-16)12-14-9-5-2-6-10-14/h1-10,15H,11-12H2,(H,17,19). The SMILES string of the molecule is O=C1NSN(Cc2ccccc2)C1Cc1ccccc1. The summed E-state index contributed by atoms with van der Waals surface area (Å²) in [5.74, 6) is 0.0924. The number of amides is 1. The molecular formula is C16H16N2OS. The van der Waals surface area contributed by atoms with Crippen LogP contribution >= 0.6 is 12.1 Å². The molecule has 0 spiro atoms. The van der Waals surface area contributed by atoms with E-state index in [1.807, 2.05) is 36.4 Å². The molecule has 1 atom stereocenters. The van der Waals surface area contributed by atoms with Crippen molar-refractivity contribution in [2.75, 3.05) is 0 Å². The van der Waals surface area contributed by atoms with Gasteiger partial charge in [-0.05, 0) is 17.5 Å². The topological polar surface area (TPSA) is 32.3 Å². The van der Waals surface area contributed by atoms with Gasteiger partial charge in [0.1, 0.15) is 6.04 Å². The van der Waals surface area contributed by atoms with Gasteiger partial charge in [-0.15, -0.1) is 0 Å². The number of hydrogen-bond donors (Lipinski definition) is 1. The Bertz CT molecular complexity index is 574. The summed E-state index contributed by atoms with van der Waals surface area (Å²) in [7, 11) is 0. The lowest BCUT2D eigenvalue weighted by Gasteiger charge is -2.19. The van der Waals surface area contributed by atoms with Crippen LogP contribution in [0.15, 0.2) is 60.7 Å². The molecule has 102 valence electrons. The zero-order valence-corrected chi connectivity index (χ0v) is 11.8. The molecule has 4 heteroatoms. The Balaban J connectivity index is 1.72. The fraction of sp³-hybridized carbons (Fsp3) is 0.188. The van der Waals surface area contributed by atoms with Gasteiger partial charge in [0.05, 0.1) is 0 Å². The lowest BCUT2D eigenvalue weighted by molar-refractivity contribution is -0.121. The van der Waals surface area contributed by atoms with Crippen LogP contribution in [0.2, 0.25) is 0 Å². The minimum atomic E-state index is -0.109. The van der Waals surface area contributed by atoms with E-state index in [1.54, 1.807) is 0 Å². The summed E-state index contributed by atoms with van der Waals surface area (Å²) in [5.41, 5.74) is 2.41. The van der Waals surface area contributed by atoms with Crippen LogP contribution < -0.4 is 4.72 Å². The molecule has 0 bridgehead atoms. The second-order valence-electron chi connectivity index (χ2n) is 4.82. The van der Waals surface area contributed by atoms with E-state index in [-0.39, 0.29) is 11.9 Å². The largest absolute Gasteiger partial charge is 0.285 e. The molecule has 0 aliphatic carbocycles. The van der Waals surface area contributed by atoms with Crippen LogP contribution in [0, 0.1) is 0 Å². The number of carbonyl (C=O) groups is 1. The molecule has 3 nitrogen and oxygen atoms in total. The van der Waals surface area contributed by atoms with E-state index in [1.165, 1.54) is 23.3 Å². The van der Waals surface area contributed by atoms with Gasteiger partial charge >= 0.3 is 0 Å². The Morgan fingerprint density at radius 1 is 0.950 bits per heavy atom. The van der Waals surface area contributed by atoms with E-state index in [4.69, 9.17) is 0 Å². The Hall–Kier alpha value is -1.78. The van der Waals surface area contributed by atoms with Crippen LogP contribution in [0.1, 0.15) is 11.1 Å². The molecule has 1 aliphatic heterocycles. The van der Waals surface area contributed by atoms with Gasteiger partial charge < -0.3 is 0 Å². The van der Waals surface area contributed by atoms with Gasteiger partial charge in [0.25, 0.3) is 0 Å². The third kappa shape index (κ3) is 3.03. The summed E-state index contributed by atoms with van der Waals surface area (Å²) in [6.07, 6.45) is 0.743. The van der Waals surface area contributed by atoms with Crippen LogP contribution in [-0.4, -0.2) is 16.3 Å². The monoisotopic (exact) mass is 284 g/mol. The quantitative estimate of drug-likeness (QED) is 0.876. The zero-order chi connectivity index (χ0) is 13.8. The van der Waals surface area contributed by atoms with Crippen molar-refractivity contribution < 1.29 is 4.79 Å². The zero-order valence-electron chi connectivity index (χ0n) is 11.0. The van der Waals surface area contributed by atoms with Gasteiger partial charge in [-0.25, -0.2) is 4.31 Å². The summed E-state index contributed by atoms with van der Waals surface area (Å²) in [4.78, 5) is 12.0. The molecule has 20 heavy (non-hydrogen) atoms. The van der Waals surface area contributed by atoms with Crippen molar-refractivity contribution in [3.63, 3.8) is 0 Å². The first kappa shape index (κ1) is 13.2. The second-order valence-corrected chi connectivity index (χ2v) is 5.68. The van der Waals surface area contributed by atoms with E-state index in [0.717, 1.165) is 13.0 Å². The van der Waals surface area contributed by atoms with Crippen LogP contribution in [0.3, 0.4) is 0 Å². The Labute approximate surface area is 123 Å². The summed E-state index contributed by atoms with van der Waals surface area (Å²) in [5, 5.41) is 0. The highest BCUT2D eigenvalue weighted by Crippen LogP contribution is 2.25. The van der Waals surface area contributed by atoms with Crippen molar-refractivity contribution in [3.8, 4) is 0 Å². The van der Waals surface area contributed by atoms with Gasteiger partial charge in [0.15, 0.2) is 0 Å².